The second-order valence-electron chi connectivity index (χ2n) is 4.48. The Morgan fingerprint density at radius 3 is 2.43 bits per heavy atom. The van der Waals surface area contributed by atoms with Gasteiger partial charge in [0, 0.05) is 11.4 Å². The van der Waals surface area contributed by atoms with Gasteiger partial charge in [0.05, 0.1) is 14.2 Å². The molecule has 2 aromatic rings. The molecule has 0 bridgehead atoms. The fourth-order valence-corrected chi connectivity index (χ4v) is 3.30. The molecule has 0 amide bonds. The van der Waals surface area contributed by atoms with Crippen molar-refractivity contribution in [2.75, 3.05) is 21.3 Å². The Morgan fingerprint density at radius 1 is 1.13 bits per heavy atom. The van der Waals surface area contributed by atoms with Crippen molar-refractivity contribution in [1.82, 2.24) is 0 Å². The van der Waals surface area contributed by atoms with Gasteiger partial charge in [0.1, 0.15) is 5.75 Å². The van der Waals surface area contributed by atoms with Crippen LogP contribution in [0.15, 0.2) is 36.4 Å². The van der Waals surface area contributed by atoms with Crippen LogP contribution in [0.5, 0.6) is 17.2 Å². The summed E-state index contributed by atoms with van der Waals surface area (Å²) in [5, 5.41) is 16.4. The van der Waals surface area contributed by atoms with Crippen LogP contribution in [0.25, 0.3) is 5.32 Å². The minimum absolute atomic E-state index is 0.167. The quantitative estimate of drug-likeness (QED) is 0.611. The van der Waals surface area contributed by atoms with Crippen LogP contribution in [0.1, 0.15) is 5.56 Å². The van der Waals surface area contributed by atoms with Crippen molar-refractivity contribution >= 4 is 28.5 Å². The van der Waals surface area contributed by atoms with Gasteiger partial charge in [0.15, 0.2) is 11.5 Å². The fraction of sp³-hybridized carbons (Fsp3) is 0.250. The van der Waals surface area contributed by atoms with Crippen LogP contribution >= 0.6 is 17.9 Å². The summed E-state index contributed by atoms with van der Waals surface area (Å²) in [7, 11) is 9.88. The van der Waals surface area contributed by atoms with Crippen molar-refractivity contribution < 1.29 is 34.0 Å². The number of halogens is 1. The van der Waals surface area contributed by atoms with Crippen molar-refractivity contribution in [2.24, 2.45) is 0 Å². The predicted molar refractivity (Wildman–Crippen MR) is 94.1 cm³/mol. The molecule has 1 atom stereocenters. The van der Waals surface area contributed by atoms with E-state index in [1.54, 1.807) is 20.2 Å². The van der Waals surface area contributed by atoms with E-state index in [4.69, 9.17) is 9.47 Å². The standard InChI is InChI=1S/C16H19NO3P.ClH.Ti/c1-17-10-11-6-4-5-7-14(11)21-15-9-12(19-2)8-13(20-3)16(15)18;;/h4-9,18,21H,10H2,1-3H3;1H;/q-1;;+2/p-1. The second-order valence-corrected chi connectivity index (χ2v) is 5.81. The number of rotatable bonds is 6. The van der Waals surface area contributed by atoms with Gasteiger partial charge < -0.3 is 19.9 Å². The minimum atomic E-state index is 0.167. The Kier molecular flexibility index (Phi) is 9.62. The summed E-state index contributed by atoms with van der Waals surface area (Å²) < 4.78 is 10.5. The molecule has 1 N–H and O–H groups in total. The molecule has 0 saturated carbocycles. The molecule has 0 aliphatic rings. The molecule has 0 heterocycles. The third-order valence-electron chi connectivity index (χ3n) is 3.12. The van der Waals surface area contributed by atoms with E-state index in [2.05, 4.69) is 26.8 Å². The summed E-state index contributed by atoms with van der Waals surface area (Å²) in [6.07, 6.45) is 0. The molecule has 0 fully saturated rings. The van der Waals surface area contributed by atoms with Gasteiger partial charge in [-0.3, -0.25) is 0 Å². The second kappa shape index (κ2) is 10.9. The molecule has 0 radical (unpaired) electrons. The van der Waals surface area contributed by atoms with E-state index >= 15 is 0 Å². The summed E-state index contributed by atoms with van der Waals surface area (Å²) in [5.74, 6) is 1.26. The van der Waals surface area contributed by atoms with Crippen molar-refractivity contribution in [3.8, 4) is 17.2 Å². The molecular formula is C16H19ClNO3PTi. The number of phenols is 1. The number of hydrogen-bond donors (Lipinski definition) is 1. The number of nitrogens with zero attached hydrogens (tertiary/aromatic N) is 1. The maximum atomic E-state index is 10.3. The van der Waals surface area contributed by atoms with Crippen molar-refractivity contribution in [3.63, 3.8) is 0 Å². The Balaban J connectivity index is 0.00000127. The summed E-state index contributed by atoms with van der Waals surface area (Å²) in [6.45, 7) is 0.672. The van der Waals surface area contributed by atoms with Gasteiger partial charge >= 0.3 is 28.7 Å². The summed E-state index contributed by atoms with van der Waals surface area (Å²) in [4.78, 5) is 0. The maximum absolute atomic E-state index is 10.3. The van der Waals surface area contributed by atoms with E-state index in [0.717, 1.165) is 10.6 Å². The number of aromatic hydroxyl groups is 1. The van der Waals surface area contributed by atoms with Crippen LogP contribution in [-0.2, 0) is 25.9 Å². The molecule has 0 aromatic heterocycles. The predicted octanol–water partition coefficient (Wildman–Crippen LogP) is 3.23. The zero-order valence-electron chi connectivity index (χ0n) is 13.3. The van der Waals surface area contributed by atoms with E-state index < -0.39 is 0 Å². The summed E-state index contributed by atoms with van der Waals surface area (Å²) in [5.41, 5.74) is 1.17. The number of benzene rings is 2. The van der Waals surface area contributed by atoms with Crippen molar-refractivity contribution in [1.29, 1.82) is 0 Å². The normalized spacial score (nSPS) is 10.2. The van der Waals surface area contributed by atoms with Crippen LogP contribution in [0.2, 0.25) is 0 Å². The average molecular weight is 388 g/mol. The molecule has 23 heavy (non-hydrogen) atoms. The van der Waals surface area contributed by atoms with Crippen LogP contribution < -0.4 is 20.1 Å². The summed E-state index contributed by atoms with van der Waals surface area (Å²) in [6, 6.07) is 11.6. The monoisotopic (exact) mass is 387 g/mol. The molecule has 2 aromatic carbocycles. The Morgan fingerprint density at radius 2 is 1.83 bits per heavy atom. The van der Waals surface area contributed by atoms with Gasteiger partial charge in [0.2, 0.25) is 0 Å². The third-order valence-corrected chi connectivity index (χ3v) is 4.53. The van der Waals surface area contributed by atoms with Gasteiger partial charge in [-0.25, -0.2) is 0 Å². The first-order chi connectivity index (χ1) is 11.2. The molecule has 1 unspecified atom stereocenters. The molecule has 2 rings (SSSR count). The molecule has 4 nitrogen and oxygen atoms in total. The number of hydrogen-bond acceptors (Lipinski definition) is 3. The van der Waals surface area contributed by atoms with E-state index in [1.807, 2.05) is 18.2 Å². The SMILES string of the molecule is C[N-]Cc1ccccc1Pc1cc(OC)cc(OC)c1O.[Cl][Ti+]. The third kappa shape index (κ3) is 5.67. The zero-order chi connectivity index (χ0) is 17.2. The van der Waals surface area contributed by atoms with Crippen LogP contribution in [0.4, 0.5) is 0 Å². The average Bonchev–Trinajstić information content (AvgIpc) is 2.60. The fourth-order valence-electron chi connectivity index (χ4n) is 2.05. The molecule has 0 aliphatic carbocycles. The Hall–Kier alpha value is -0.766. The molecule has 0 aliphatic heterocycles. The van der Waals surface area contributed by atoms with Crippen LogP contribution in [0.3, 0.4) is 0 Å². The van der Waals surface area contributed by atoms with Gasteiger partial charge in [-0.2, -0.15) is 7.05 Å². The Bertz CT molecular complexity index is 628. The molecule has 7 heteroatoms. The van der Waals surface area contributed by atoms with Gasteiger partial charge in [-0.05, 0) is 11.4 Å². The van der Waals surface area contributed by atoms with E-state index in [1.165, 1.54) is 32.0 Å². The first-order valence-corrected chi connectivity index (χ1v) is 9.88. The first kappa shape index (κ1) is 20.3. The molecular weight excluding hydrogens is 368 g/mol. The first-order valence-electron chi connectivity index (χ1n) is 6.74. The molecule has 0 spiro atoms. The molecule has 0 saturated heterocycles. The van der Waals surface area contributed by atoms with Gasteiger partial charge in [-0.1, -0.05) is 38.4 Å². The Labute approximate surface area is 154 Å². The van der Waals surface area contributed by atoms with Crippen molar-refractivity contribution in [3.05, 3.63) is 47.3 Å². The van der Waals surface area contributed by atoms with E-state index in [0.29, 0.717) is 26.6 Å². The van der Waals surface area contributed by atoms with E-state index in [9.17, 15) is 5.11 Å². The molecule has 122 valence electrons. The van der Waals surface area contributed by atoms with Gasteiger partial charge in [0.25, 0.3) is 0 Å². The number of methoxy groups -OCH3 is 2. The topological polar surface area (TPSA) is 52.8 Å². The zero-order valence-corrected chi connectivity index (χ0v) is 16.6. The number of phenolic OH excluding ortho intramolecular Hbond substituents is 1. The van der Waals surface area contributed by atoms with Crippen LogP contribution in [-0.4, -0.2) is 26.4 Å². The van der Waals surface area contributed by atoms with Gasteiger partial charge in [-0.15, -0.1) is 6.54 Å². The summed E-state index contributed by atoms with van der Waals surface area (Å²) >= 11 is 1.47. The van der Waals surface area contributed by atoms with E-state index in [-0.39, 0.29) is 5.75 Å². The van der Waals surface area contributed by atoms with Crippen molar-refractivity contribution in [2.45, 2.75) is 6.54 Å². The van der Waals surface area contributed by atoms with Crippen LogP contribution in [0, 0.1) is 0 Å². The number of ether oxygens (including phenoxy) is 2.